The molecule has 37 heavy (non-hydrogen) atoms. The van der Waals surface area contributed by atoms with Crippen LogP contribution in [0, 0.1) is 17.7 Å². The zero-order valence-electron chi connectivity index (χ0n) is 20.4. The Morgan fingerprint density at radius 3 is 2.54 bits per heavy atom. The van der Waals surface area contributed by atoms with E-state index in [9.17, 15) is 23.6 Å². The van der Waals surface area contributed by atoms with Crippen LogP contribution in [0.25, 0.3) is 0 Å². The number of likely N-dealkylation sites (tertiary alicyclic amines) is 1. The van der Waals surface area contributed by atoms with Crippen molar-refractivity contribution in [3.63, 3.8) is 0 Å². The van der Waals surface area contributed by atoms with E-state index in [2.05, 4.69) is 10.6 Å². The number of nitrogens with zero attached hydrogens (tertiary/aromatic N) is 1. The number of nitrogens with two attached hydrogens (primary N) is 1. The van der Waals surface area contributed by atoms with E-state index < -0.39 is 52.9 Å². The Balaban J connectivity index is 1.48. The highest BCUT2D eigenvalue weighted by molar-refractivity contribution is 6.15. The molecule has 2 saturated heterocycles. The van der Waals surface area contributed by atoms with Gasteiger partial charge in [0.15, 0.2) is 11.5 Å². The van der Waals surface area contributed by atoms with Crippen molar-refractivity contribution >= 4 is 29.3 Å². The average Bonchev–Trinajstić information content (AvgIpc) is 3.45. The standard InChI is InChI=1S/C26H27FN4O6/c1-36-18-7-3-13(11-19(18)37-2)9-10-31-23(33)21-17(6-8-20(28)32)30-26(22(21)24(31)34)15-12-14(27)4-5-16(15)29-25(26)35/h3-5,7,11-12,17,21-22,30H,6,8-10H2,1-2H3,(H2,28,32)(H,29,35)/t17-,21-,22+,26+/m1/s1. The number of carbonyl (C=O) groups excluding carboxylic acids is 4. The number of benzene rings is 2. The molecule has 0 aliphatic carbocycles. The molecular formula is C26H27FN4O6. The number of rotatable bonds is 8. The lowest BCUT2D eigenvalue weighted by Crippen LogP contribution is -2.53. The second kappa shape index (κ2) is 9.15. The molecule has 4 N–H and O–H groups in total. The maximum absolute atomic E-state index is 14.3. The first kappa shape index (κ1) is 24.7. The van der Waals surface area contributed by atoms with Crippen LogP contribution in [0.2, 0.25) is 0 Å². The summed E-state index contributed by atoms with van der Waals surface area (Å²) in [7, 11) is 3.04. The number of methoxy groups -OCH3 is 2. The molecular weight excluding hydrogens is 483 g/mol. The topological polar surface area (TPSA) is 140 Å². The highest BCUT2D eigenvalue weighted by atomic mass is 19.1. The predicted octanol–water partition coefficient (Wildman–Crippen LogP) is 1.07. The van der Waals surface area contributed by atoms with Gasteiger partial charge in [0.2, 0.25) is 23.6 Å². The van der Waals surface area contributed by atoms with E-state index in [4.69, 9.17) is 15.2 Å². The molecule has 3 aliphatic heterocycles. The van der Waals surface area contributed by atoms with Crippen molar-refractivity contribution < 1.29 is 33.0 Å². The number of primary amides is 1. The van der Waals surface area contributed by atoms with Gasteiger partial charge in [0.05, 0.1) is 26.1 Å². The molecule has 2 aromatic rings. The van der Waals surface area contributed by atoms with Gasteiger partial charge in [-0.25, -0.2) is 4.39 Å². The Morgan fingerprint density at radius 2 is 1.84 bits per heavy atom. The average molecular weight is 511 g/mol. The SMILES string of the molecule is COc1ccc(CCN2C(=O)[C@H]3[C@@H](C2=O)[C@]2(N[C@@H]3CCC(N)=O)C(=O)Nc3ccc(F)cc32)cc1OC. The third-order valence-corrected chi connectivity index (χ3v) is 7.54. The fraction of sp³-hybridized carbons (Fsp3) is 0.385. The van der Waals surface area contributed by atoms with Gasteiger partial charge in [0.25, 0.3) is 0 Å². The number of ether oxygens (including phenoxy) is 2. The molecule has 10 nitrogen and oxygen atoms in total. The summed E-state index contributed by atoms with van der Waals surface area (Å²) in [5, 5.41) is 5.87. The lowest BCUT2D eigenvalue weighted by molar-refractivity contribution is -0.142. The number of hydrogen-bond acceptors (Lipinski definition) is 7. The molecule has 2 aromatic carbocycles. The first-order chi connectivity index (χ1) is 17.7. The molecule has 194 valence electrons. The Bertz CT molecular complexity index is 1320. The van der Waals surface area contributed by atoms with Crippen LogP contribution in [0.4, 0.5) is 10.1 Å². The Kier molecular flexibility index (Phi) is 6.10. The quantitative estimate of drug-likeness (QED) is 0.452. The number of nitrogens with one attached hydrogen (secondary N) is 2. The van der Waals surface area contributed by atoms with Crippen LogP contribution in [0.3, 0.4) is 0 Å². The monoisotopic (exact) mass is 510 g/mol. The molecule has 4 atom stereocenters. The van der Waals surface area contributed by atoms with Gasteiger partial charge in [-0.05, 0) is 48.7 Å². The van der Waals surface area contributed by atoms with Crippen LogP contribution < -0.4 is 25.8 Å². The normalized spacial score (nSPS) is 25.9. The smallest absolute Gasteiger partial charge is 0.250 e. The first-order valence-electron chi connectivity index (χ1n) is 11.9. The molecule has 5 rings (SSSR count). The summed E-state index contributed by atoms with van der Waals surface area (Å²) in [5.41, 5.74) is 5.18. The molecule has 3 heterocycles. The van der Waals surface area contributed by atoms with Gasteiger partial charge in [-0.1, -0.05) is 6.07 Å². The van der Waals surface area contributed by atoms with Gasteiger partial charge in [-0.3, -0.25) is 29.4 Å². The maximum atomic E-state index is 14.3. The van der Waals surface area contributed by atoms with E-state index in [0.717, 1.165) is 10.5 Å². The van der Waals surface area contributed by atoms with Gasteiger partial charge in [0.1, 0.15) is 11.4 Å². The number of imide groups is 1. The summed E-state index contributed by atoms with van der Waals surface area (Å²) in [5.74, 6) is -3.55. The van der Waals surface area contributed by atoms with Crippen molar-refractivity contribution in [3.8, 4) is 11.5 Å². The molecule has 2 fully saturated rings. The van der Waals surface area contributed by atoms with E-state index in [-0.39, 0.29) is 24.9 Å². The van der Waals surface area contributed by atoms with Gasteiger partial charge in [0, 0.05) is 30.3 Å². The van der Waals surface area contributed by atoms with E-state index in [1.54, 1.807) is 12.1 Å². The number of fused-ring (bicyclic) bond motifs is 4. The maximum Gasteiger partial charge on any atom is 0.250 e. The third-order valence-electron chi connectivity index (χ3n) is 7.54. The highest BCUT2D eigenvalue weighted by Gasteiger charge is 2.70. The van der Waals surface area contributed by atoms with Crippen LogP contribution in [0.5, 0.6) is 11.5 Å². The molecule has 0 saturated carbocycles. The van der Waals surface area contributed by atoms with Crippen molar-refractivity contribution in [3.05, 3.63) is 53.3 Å². The molecule has 3 aliphatic rings. The summed E-state index contributed by atoms with van der Waals surface area (Å²) in [6.07, 6.45) is 0.460. The number of hydrogen-bond donors (Lipinski definition) is 3. The van der Waals surface area contributed by atoms with Crippen molar-refractivity contribution in [1.82, 2.24) is 10.2 Å². The second-order valence-electron chi connectivity index (χ2n) is 9.48. The van der Waals surface area contributed by atoms with Crippen molar-refractivity contribution in [2.75, 3.05) is 26.1 Å². The van der Waals surface area contributed by atoms with E-state index in [0.29, 0.717) is 23.6 Å². The molecule has 0 aromatic heterocycles. The molecule has 1 spiro atoms. The van der Waals surface area contributed by atoms with Crippen LogP contribution in [-0.2, 0) is 31.1 Å². The van der Waals surface area contributed by atoms with Gasteiger partial charge >= 0.3 is 0 Å². The Labute approximate surface area is 212 Å². The van der Waals surface area contributed by atoms with E-state index >= 15 is 0 Å². The fourth-order valence-electron chi connectivity index (χ4n) is 5.88. The summed E-state index contributed by atoms with van der Waals surface area (Å²) in [6, 6.07) is 8.50. The van der Waals surface area contributed by atoms with Gasteiger partial charge in [-0.15, -0.1) is 0 Å². The lowest BCUT2D eigenvalue weighted by Gasteiger charge is -2.29. The molecule has 4 amide bonds. The zero-order chi connectivity index (χ0) is 26.5. The van der Waals surface area contributed by atoms with Crippen LogP contribution >= 0.6 is 0 Å². The van der Waals surface area contributed by atoms with Crippen molar-refractivity contribution in [2.24, 2.45) is 17.6 Å². The molecule has 0 unspecified atom stereocenters. The van der Waals surface area contributed by atoms with Crippen LogP contribution in [0.15, 0.2) is 36.4 Å². The van der Waals surface area contributed by atoms with Crippen molar-refractivity contribution in [1.29, 1.82) is 0 Å². The van der Waals surface area contributed by atoms with Crippen LogP contribution in [-0.4, -0.2) is 55.3 Å². The molecule has 0 radical (unpaired) electrons. The number of carbonyl (C=O) groups is 4. The zero-order valence-corrected chi connectivity index (χ0v) is 20.4. The van der Waals surface area contributed by atoms with Crippen LogP contribution in [0.1, 0.15) is 24.0 Å². The fourth-order valence-corrected chi connectivity index (χ4v) is 5.88. The molecule has 0 bridgehead atoms. The van der Waals surface area contributed by atoms with E-state index in [1.165, 1.54) is 32.4 Å². The van der Waals surface area contributed by atoms with E-state index in [1.807, 2.05) is 6.07 Å². The minimum absolute atomic E-state index is 0.0400. The lowest BCUT2D eigenvalue weighted by atomic mass is 9.76. The van der Waals surface area contributed by atoms with Gasteiger partial charge < -0.3 is 20.5 Å². The summed E-state index contributed by atoms with van der Waals surface area (Å²) in [6.45, 7) is 0.0798. The number of amides is 4. The number of halogens is 1. The minimum Gasteiger partial charge on any atom is -0.493 e. The summed E-state index contributed by atoms with van der Waals surface area (Å²) in [4.78, 5) is 53.5. The predicted molar refractivity (Wildman–Crippen MR) is 129 cm³/mol. The minimum atomic E-state index is -1.63. The Morgan fingerprint density at radius 1 is 1.08 bits per heavy atom. The number of anilines is 1. The van der Waals surface area contributed by atoms with Gasteiger partial charge in [-0.2, -0.15) is 0 Å². The second-order valence-corrected chi connectivity index (χ2v) is 9.48. The Hall–Kier alpha value is -3.99. The summed E-state index contributed by atoms with van der Waals surface area (Å²) < 4.78 is 24.9. The van der Waals surface area contributed by atoms with Crippen molar-refractivity contribution in [2.45, 2.75) is 30.8 Å². The summed E-state index contributed by atoms with van der Waals surface area (Å²) >= 11 is 0. The first-order valence-corrected chi connectivity index (χ1v) is 11.9. The largest absolute Gasteiger partial charge is 0.493 e. The third kappa shape index (κ3) is 3.81. The highest BCUT2D eigenvalue weighted by Crippen LogP contribution is 2.53. The molecule has 11 heteroatoms.